The lowest BCUT2D eigenvalue weighted by molar-refractivity contribution is -0.128. The third kappa shape index (κ3) is 3.29. The van der Waals surface area contributed by atoms with Crippen molar-refractivity contribution >= 4 is 5.91 Å². The zero-order valence-corrected chi connectivity index (χ0v) is 10.9. The van der Waals surface area contributed by atoms with Crippen molar-refractivity contribution in [2.75, 3.05) is 6.54 Å². The highest BCUT2D eigenvalue weighted by atomic mass is 16.2. The molecule has 0 aromatic carbocycles. The number of aryl methyl sites for hydroxylation is 1. The Kier molecular flexibility index (Phi) is 5.31. The molecule has 0 saturated heterocycles. The zero-order chi connectivity index (χ0) is 13.4. The van der Waals surface area contributed by atoms with Gasteiger partial charge in [0.2, 0.25) is 5.91 Å². The summed E-state index contributed by atoms with van der Waals surface area (Å²) >= 11 is 0. The summed E-state index contributed by atoms with van der Waals surface area (Å²) in [5.41, 5.74) is -0.882. The molecule has 0 aliphatic rings. The minimum Gasteiger partial charge on any atom is -0.355 e. The van der Waals surface area contributed by atoms with Crippen LogP contribution in [-0.2, 0) is 11.3 Å². The lowest BCUT2D eigenvalue weighted by Gasteiger charge is -2.22. The summed E-state index contributed by atoms with van der Waals surface area (Å²) in [4.78, 5) is 12.0. The van der Waals surface area contributed by atoms with Crippen LogP contribution in [0.2, 0.25) is 0 Å². The van der Waals surface area contributed by atoms with Gasteiger partial charge in [0.15, 0.2) is 0 Å². The van der Waals surface area contributed by atoms with Crippen LogP contribution in [0.4, 0.5) is 0 Å². The van der Waals surface area contributed by atoms with E-state index in [2.05, 4.69) is 21.7 Å². The quantitative estimate of drug-likeness (QED) is 0.734. The maximum atomic E-state index is 12.0. The molecule has 0 unspecified atom stereocenters. The fraction of sp³-hybridized carbons (Fsp3) is 0.667. The SMILES string of the molecule is CCC(C#N)(CC)C(=O)NCCCn1ccnn1. The second-order valence-electron chi connectivity index (χ2n) is 4.18. The summed E-state index contributed by atoms with van der Waals surface area (Å²) < 4.78 is 1.71. The fourth-order valence-corrected chi connectivity index (χ4v) is 1.74. The lowest BCUT2D eigenvalue weighted by atomic mass is 9.83. The first-order chi connectivity index (χ1) is 8.68. The van der Waals surface area contributed by atoms with E-state index in [1.165, 1.54) is 0 Å². The maximum Gasteiger partial charge on any atom is 0.240 e. The van der Waals surface area contributed by atoms with Gasteiger partial charge in [-0.3, -0.25) is 9.48 Å². The van der Waals surface area contributed by atoms with Crippen molar-refractivity contribution in [3.63, 3.8) is 0 Å². The van der Waals surface area contributed by atoms with Crippen LogP contribution < -0.4 is 5.32 Å². The number of rotatable bonds is 7. The van der Waals surface area contributed by atoms with Crippen LogP contribution in [0.25, 0.3) is 0 Å². The van der Waals surface area contributed by atoms with E-state index < -0.39 is 5.41 Å². The van der Waals surface area contributed by atoms with Gasteiger partial charge in [0.25, 0.3) is 0 Å². The molecular weight excluding hydrogens is 230 g/mol. The van der Waals surface area contributed by atoms with E-state index in [4.69, 9.17) is 5.26 Å². The molecule has 0 saturated carbocycles. The van der Waals surface area contributed by atoms with Gasteiger partial charge in [-0.1, -0.05) is 19.1 Å². The second kappa shape index (κ2) is 6.74. The molecule has 1 heterocycles. The van der Waals surface area contributed by atoms with Crippen LogP contribution in [0.5, 0.6) is 0 Å². The Morgan fingerprint density at radius 3 is 2.72 bits per heavy atom. The number of nitriles is 1. The molecule has 6 heteroatoms. The van der Waals surface area contributed by atoms with Crippen molar-refractivity contribution in [2.45, 2.75) is 39.7 Å². The molecule has 1 N–H and O–H groups in total. The summed E-state index contributed by atoms with van der Waals surface area (Å²) in [6.07, 6.45) is 5.24. The predicted octanol–water partition coefficient (Wildman–Crippen LogP) is 1.11. The Balaban J connectivity index is 2.34. The number of hydrogen-bond donors (Lipinski definition) is 1. The largest absolute Gasteiger partial charge is 0.355 e. The highest BCUT2D eigenvalue weighted by Gasteiger charge is 2.34. The Morgan fingerprint density at radius 1 is 1.50 bits per heavy atom. The molecule has 1 aromatic rings. The number of carbonyl (C=O) groups excluding carboxylic acids is 1. The fourth-order valence-electron chi connectivity index (χ4n) is 1.74. The summed E-state index contributed by atoms with van der Waals surface area (Å²) in [6.45, 7) is 4.98. The first-order valence-electron chi connectivity index (χ1n) is 6.22. The number of amides is 1. The van der Waals surface area contributed by atoms with Crippen molar-refractivity contribution in [2.24, 2.45) is 5.41 Å². The molecule has 98 valence electrons. The van der Waals surface area contributed by atoms with Crippen LogP contribution in [0.15, 0.2) is 12.4 Å². The van der Waals surface area contributed by atoms with Crippen molar-refractivity contribution in [3.05, 3.63) is 12.4 Å². The van der Waals surface area contributed by atoms with Crippen LogP contribution >= 0.6 is 0 Å². The van der Waals surface area contributed by atoms with Crippen molar-refractivity contribution < 1.29 is 4.79 Å². The van der Waals surface area contributed by atoms with Crippen LogP contribution in [0.3, 0.4) is 0 Å². The summed E-state index contributed by atoms with van der Waals surface area (Å²) in [6, 6.07) is 2.13. The minimum absolute atomic E-state index is 0.173. The second-order valence-corrected chi connectivity index (χ2v) is 4.18. The molecule has 0 bridgehead atoms. The minimum atomic E-state index is -0.882. The molecule has 0 radical (unpaired) electrons. The number of hydrogen-bond acceptors (Lipinski definition) is 4. The molecule has 1 amide bonds. The van der Waals surface area contributed by atoms with E-state index in [0.717, 1.165) is 6.42 Å². The highest BCUT2D eigenvalue weighted by molar-refractivity contribution is 5.85. The molecule has 1 aromatic heterocycles. The smallest absolute Gasteiger partial charge is 0.240 e. The molecule has 0 fully saturated rings. The number of nitrogens with one attached hydrogen (secondary N) is 1. The van der Waals surface area contributed by atoms with Crippen molar-refractivity contribution in [1.29, 1.82) is 5.26 Å². The molecule has 1 rings (SSSR count). The first kappa shape index (κ1) is 14.2. The van der Waals surface area contributed by atoms with Gasteiger partial charge in [0.1, 0.15) is 5.41 Å². The van der Waals surface area contributed by atoms with E-state index >= 15 is 0 Å². The summed E-state index contributed by atoms with van der Waals surface area (Å²) in [5, 5.41) is 19.5. The van der Waals surface area contributed by atoms with Crippen molar-refractivity contribution in [1.82, 2.24) is 20.3 Å². The van der Waals surface area contributed by atoms with Crippen LogP contribution in [-0.4, -0.2) is 27.4 Å². The monoisotopic (exact) mass is 249 g/mol. The predicted molar refractivity (Wildman–Crippen MR) is 66.3 cm³/mol. The number of carbonyl (C=O) groups is 1. The van der Waals surface area contributed by atoms with E-state index in [-0.39, 0.29) is 5.91 Å². The standard InChI is InChI=1S/C12H19N5O/c1-3-12(4-2,10-13)11(18)14-6-5-8-17-9-7-15-16-17/h7,9H,3-6,8H2,1-2H3,(H,14,18). The van der Waals surface area contributed by atoms with Crippen LogP contribution in [0.1, 0.15) is 33.1 Å². The average Bonchev–Trinajstić information content (AvgIpc) is 2.90. The summed E-state index contributed by atoms with van der Waals surface area (Å²) in [7, 11) is 0. The van der Waals surface area contributed by atoms with Gasteiger partial charge in [0.05, 0.1) is 12.3 Å². The summed E-state index contributed by atoms with van der Waals surface area (Å²) in [5.74, 6) is -0.173. The Hall–Kier alpha value is -1.90. The average molecular weight is 249 g/mol. The first-order valence-corrected chi connectivity index (χ1v) is 6.22. The van der Waals surface area contributed by atoms with Gasteiger partial charge in [-0.15, -0.1) is 5.10 Å². The number of aromatic nitrogens is 3. The van der Waals surface area contributed by atoms with Gasteiger partial charge < -0.3 is 5.32 Å². The van der Waals surface area contributed by atoms with Crippen LogP contribution in [0, 0.1) is 16.7 Å². The molecule has 0 spiro atoms. The molecule has 0 aliphatic carbocycles. The van der Waals surface area contributed by atoms with Gasteiger partial charge in [-0.25, -0.2) is 0 Å². The molecule has 0 atom stereocenters. The molecule has 6 nitrogen and oxygen atoms in total. The Labute approximate surface area is 107 Å². The van der Waals surface area contributed by atoms with E-state index in [0.29, 0.717) is 25.9 Å². The lowest BCUT2D eigenvalue weighted by Crippen LogP contribution is -2.40. The van der Waals surface area contributed by atoms with Gasteiger partial charge in [0, 0.05) is 19.3 Å². The normalized spacial score (nSPS) is 10.9. The van der Waals surface area contributed by atoms with E-state index in [1.807, 2.05) is 13.8 Å². The van der Waals surface area contributed by atoms with Gasteiger partial charge >= 0.3 is 0 Å². The Bertz CT molecular complexity index is 403. The third-order valence-electron chi connectivity index (χ3n) is 3.18. The van der Waals surface area contributed by atoms with Crippen molar-refractivity contribution in [3.8, 4) is 6.07 Å². The third-order valence-corrected chi connectivity index (χ3v) is 3.18. The Morgan fingerprint density at radius 2 is 2.22 bits per heavy atom. The van der Waals surface area contributed by atoms with E-state index in [1.54, 1.807) is 17.1 Å². The topological polar surface area (TPSA) is 83.6 Å². The van der Waals surface area contributed by atoms with Gasteiger partial charge in [-0.05, 0) is 19.3 Å². The molecular formula is C12H19N5O. The number of nitrogens with zero attached hydrogens (tertiary/aromatic N) is 4. The maximum absolute atomic E-state index is 12.0. The molecule has 0 aliphatic heterocycles. The highest BCUT2D eigenvalue weighted by Crippen LogP contribution is 2.25. The van der Waals surface area contributed by atoms with Gasteiger partial charge in [-0.2, -0.15) is 5.26 Å². The van der Waals surface area contributed by atoms with E-state index in [9.17, 15) is 4.79 Å². The molecule has 18 heavy (non-hydrogen) atoms. The zero-order valence-electron chi connectivity index (χ0n) is 10.9.